The lowest BCUT2D eigenvalue weighted by Gasteiger charge is -2.10. The summed E-state index contributed by atoms with van der Waals surface area (Å²) in [6, 6.07) is 5.16. The van der Waals surface area contributed by atoms with Crippen LogP contribution in [-0.4, -0.2) is 22.1 Å². The Balaban J connectivity index is 2.08. The van der Waals surface area contributed by atoms with E-state index in [0.717, 1.165) is 11.3 Å². The second kappa shape index (κ2) is 7.98. The van der Waals surface area contributed by atoms with Crippen molar-refractivity contribution < 1.29 is 28.6 Å². The number of carboxylic acids is 1. The Bertz CT molecular complexity index is 1160. The van der Waals surface area contributed by atoms with Crippen LogP contribution in [0.4, 0.5) is 13.8 Å². The molecule has 0 aliphatic heterocycles. The van der Waals surface area contributed by atoms with E-state index in [1.54, 1.807) is 0 Å². The molecule has 1 amide bonds. The molecule has 1 heterocycles. The second-order valence-electron chi connectivity index (χ2n) is 5.92. The van der Waals surface area contributed by atoms with Crippen LogP contribution in [-0.2, 0) is 0 Å². The highest BCUT2D eigenvalue weighted by atomic mass is 35.5. The van der Waals surface area contributed by atoms with Crippen LogP contribution in [0, 0.1) is 18.6 Å². The first kappa shape index (κ1) is 21.0. The lowest BCUT2D eigenvalue weighted by Crippen LogP contribution is -2.14. The molecule has 0 spiro atoms. The van der Waals surface area contributed by atoms with Crippen LogP contribution in [0.5, 0.6) is 5.75 Å². The van der Waals surface area contributed by atoms with Gasteiger partial charge in [-0.15, -0.1) is 11.3 Å². The summed E-state index contributed by atoms with van der Waals surface area (Å²) in [6.45, 7) is 1.38. The molecule has 150 valence electrons. The molecule has 2 aromatic carbocycles. The van der Waals surface area contributed by atoms with Crippen molar-refractivity contribution in [3.05, 3.63) is 68.0 Å². The van der Waals surface area contributed by atoms with Gasteiger partial charge >= 0.3 is 5.97 Å². The van der Waals surface area contributed by atoms with E-state index in [-0.39, 0.29) is 37.3 Å². The molecular formula is C19H11Cl2F2NO4S. The molecule has 0 radical (unpaired) electrons. The maximum absolute atomic E-state index is 14.4. The van der Waals surface area contributed by atoms with Crippen LogP contribution in [0.3, 0.4) is 0 Å². The number of aromatic carboxylic acids is 1. The van der Waals surface area contributed by atoms with Gasteiger partial charge in [0.15, 0.2) is 11.6 Å². The molecular weight excluding hydrogens is 447 g/mol. The molecule has 0 fully saturated rings. The zero-order chi connectivity index (χ0) is 21.5. The van der Waals surface area contributed by atoms with Gasteiger partial charge in [0, 0.05) is 16.5 Å². The number of halogens is 4. The monoisotopic (exact) mass is 457 g/mol. The van der Waals surface area contributed by atoms with Crippen molar-refractivity contribution >= 4 is 51.4 Å². The van der Waals surface area contributed by atoms with E-state index < -0.39 is 34.8 Å². The first-order valence-corrected chi connectivity index (χ1v) is 9.55. The van der Waals surface area contributed by atoms with Gasteiger partial charge in [0.1, 0.15) is 21.9 Å². The number of phenols is 1. The highest BCUT2D eigenvalue weighted by molar-refractivity contribution is 7.15. The molecule has 3 aromatic rings. The predicted octanol–water partition coefficient (Wildman–Crippen LogP) is 5.96. The topological polar surface area (TPSA) is 86.6 Å². The molecule has 0 aliphatic rings. The summed E-state index contributed by atoms with van der Waals surface area (Å²) in [5, 5.41) is 22.8. The summed E-state index contributed by atoms with van der Waals surface area (Å²) in [5.74, 6) is -5.23. The summed E-state index contributed by atoms with van der Waals surface area (Å²) in [6.07, 6.45) is 0. The minimum atomic E-state index is -1.46. The summed E-state index contributed by atoms with van der Waals surface area (Å²) >= 11 is 12.5. The molecule has 0 aliphatic carbocycles. The molecule has 3 rings (SSSR count). The fourth-order valence-corrected chi connectivity index (χ4v) is 3.98. The predicted molar refractivity (Wildman–Crippen MR) is 107 cm³/mol. The van der Waals surface area contributed by atoms with Crippen LogP contribution in [0.2, 0.25) is 10.0 Å². The quantitative estimate of drug-likeness (QED) is 0.450. The van der Waals surface area contributed by atoms with Gasteiger partial charge in [0.05, 0.1) is 10.0 Å². The van der Waals surface area contributed by atoms with Crippen molar-refractivity contribution in [2.24, 2.45) is 0 Å². The van der Waals surface area contributed by atoms with Gasteiger partial charge in [-0.1, -0.05) is 35.3 Å². The first-order chi connectivity index (χ1) is 13.6. The van der Waals surface area contributed by atoms with E-state index in [9.17, 15) is 28.6 Å². The fraction of sp³-hybridized carbons (Fsp3) is 0.0526. The van der Waals surface area contributed by atoms with Gasteiger partial charge in [0.25, 0.3) is 5.91 Å². The minimum absolute atomic E-state index is 0.0676. The standard InChI is InChI=1S/C19H11Cl2F2NO4S/c1-7-2-3-8(15(23)14(7)22)9-6-29-18(12(9)19(27)28)24-17(26)13-10(20)4-5-11(21)16(13)25/h2-6,25H,1H3,(H,24,26)(H,27,28). The van der Waals surface area contributed by atoms with E-state index in [1.807, 2.05) is 0 Å². The number of hydrogen-bond donors (Lipinski definition) is 3. The number of aromatic hydroxyl groups is 1. The summed E-state index contributed by atoms with van der Waals surface area (Å²) in [7, 11) is 0. The number of carbonyl (C=O) groups excluding carboxylic acids is 1. The van der Waals surface area contributed by atoms with Crippen LogP contribution >= 0.6 is 34.5 Å². The van der Waals surface area contributed by atoms with Crippen LogP contribution < -0.4 is 5.32 Å². The number of thiophene rings is 1. The average Bonchev–Trinajstić information content (AvgIpc) is 3.06. The van der Waals surface area contributed by atoms with Gasteiger partial charge in [-0.05, 0) is 24.6 Å². The molecule has 1 aromatic heterocycles. The maximum atomic E-state index is 14.4. The molecule has 10 heteroatoms. The van der Waals surface area contributed by atoms with Crippen LogP contribution in [0.15, 0.2) is 29.6 Å². The number of phenolic OH excluding ortho intramolecular Hbond substituents is 1. The zero-order valence-electron chi connectivity index (χ0n) is 14.5. The number of anilines is 1. The smallest absolute Gasteiger partial charge is 0.339 e. The number of carboxylic acid groups (broad SMARTS) is 1. The highest BCUT2D eigenvalue weighted by Crippen LogP contribution is 2.39. The van der Waals surface area contributed by atoms with Gasteiger partial charge in [-0.3, -0.25) is 4.79 Å². The Kier molecular flexibility index (Phi) is 5.79. The Morgan fingerprint density at radius 3 is 2.31 bits per heavy atom. The summed E-state index contributed by atoms with van der Waals surface area (Å²) < 4.78 is 28.3. The van der Waals surface area contributed by atoms with Crippen molar-refractivity contribution in [3.8, 4) is 16.9 Å². The minimum Gasteiger partial charge on any atom is -0.505 e. The Hall–Kier alpha value is -2.68. The van der Waals surface area contributed by atoms with E-state index in [2.05, 4.69) is 5.32 Å². The van der Waals surface area contributed by atoms with Crippen molar-refractivity contribution in [2.45, 2.75) is 6.92 Å². The SMILES string of the molecule is Cc1ccc(-c2csc(NC(=O)c3c(Cl)ccc(Cl)c3O)c2C(=O)O)c(F)c1F. The normalized spacial score (nSPS) is 10.8. The van der Waals surface area contributed by atoms with Gasteiger partial charge in [-0.25, -0.2) is 13.6 Å². The lowest BCUT2D eigenvalue weighted by atomic mass is 10.0. The van der Waals surface area contributed by atoms with Gasteiger partial charge in [0.2, 0.25) is 0 Å². The molecule has 0 unspecified atom stereocenters. The molecule has 0 saturated heterocycles. The van der Waals surface area contributed by atoms with E-state index in [0.29, 0.717) is 0 Å². The maximum Gasteiger partial charge on any atom is 0.339 e. The van der Waals surface area contributed by atoms with E-state index >= 15 is 0 Å². The highest BCUT2D eigenvalue weighted by Gasteiger charge is 2.26. The molecule has 0 bridgehead atoms. The lowest BCUT2D eigenvalue weighted by molar-refractivity contribution is 0.0699. The molecule has 0 saturated carbocycles. The summed E-state index contributed by atoms with van der Waals surface area (Å²) in [5.41, 5.74) is -1.07. The third kappa shape index (κ3) is 3.78. The van der Waals surface area contributed by atoms with E-state index in [1.165, 1.54) is 36.6 Å². The number of aryl methyl sites for hydroxylation is 1. The third-order valence-electron chi connectivity index (χ3n) is 4.10. The Morgan fingerprint density at radius 1 is 1.00 bits per heavy atom. The number of amides is 1. The molecule has 0 atom stereocenters. The Labute approximate surface area is 177 Å². The molecule has 5 nitrogen and oxygen atoms in total. The summed E-state index contributed by atoms with van der Waals surface area (Å²) in [4.78, 5) is 24.3. The fourth-order valence-electron chi connectivity index (χ4n) is 2.64. The average molecular weight is 458 g/mol. The molecule has 29 heavy (non-hydrogen) atoms. The van der Waals surface area contributed by atoms with Crippen molar-refractivity contribution in [2.75, 3.05) is 5.32 Å². The number of nitrogens with one attached hydrogen (secondary N) is 1. The number of rotatable bonds is 4. The zero-order valence-corrected chi connectivity index (χ0v) is 16.8. The second-order valence-corrected chi connectivity index (χ2v) is 7.62. The van der Waals surface area contributed by atoms with Crippen molar-refractivity contribution in [1.82, 2.24) is 0 Å². The third-order valence-corrected chi connectivity index (χ3v) is 5.62. The van der Waals surface area contributed by atoms with Crippen LogP contribution in [0.1, 0.15) is 26.3 Å². The van der Waals surface area contributed by atoms with Crippen LogP contribution in [0.25, 0.3) is 11.1 Å². The number of benzene rings is 2. The number of hydrogen-bond acceptors (Lipinski definition) is 4. The van der Waals surface area contributed by atoms with E-state index in [4.69, 9.17) is 23.2 Å². The van der Waals surface area contributed by atoms with Crippen molar-refractivity contribution in [3.63, 3.8) is 0 Å². The molecule has 3 N–H and O–H groups in total. The van der Waals surface area contributed by atoms with Gasteiger partial charge < -0.3 is 15.5 Å². The largest absolute Gasteiger partial charge is 0.505 e. The Morgan fingerprint density at radius 2 is 1.66 bits per heavy atom. The van der Waals surface area contributed by atoms with Crippen molar-refractivity contribution in [1.29, 1.82) is 0 Å². The first-order valence-electron chi connectivity index (χ1n) is 7.91. The number of carbonyl (C=O) groups is 2. The van der Waals surface area contributed by atoms with Gasteiger partial charge in [-0.2, -0.15) is 0 Å².